The largest absolute Gasteiger partial charge is 0.491 e. The number of hydrogen-bond acceptors (Lipinski definition) is 3. The lowest BCUT2D eigenvalue weighted by atomic mass is 10.2. The monoisotopic (exact) mass is 281 g/mol. The molecule has 0 spiro atoms. The smallest absolute Gasteiger partial charge is 0.142 e. The highest BCUT2D eigenvalue weighted by atomic mass is 35.5. The summed E-state index contributed by atoms with van der Waals surface area (Å²) in [6.07, 6.45) is 0.919. The van der Waals surface area contributed by atoms with Crippen molar-refractivity contribution in [3.8, 4) is 5.75 Å². The summed E-state index contributed by atoms with van der Waals surface area (Å²) in [6.45, 7) is 1.41. The first kappa shape index (κ1) is 13.4. The molecular formula is C14H16ClNOS. The van der Waals surface area contributed by atoms with Crippen LogP contribution in [0.2, 0.25) is 5.02 Å². The van der Waals surface area contributed by atoms with E-state index in [-0.39, 0.29) is 0 Å². The molecule has 1 aromatic heterocycles. The zero-order chi connectivity index (χ0) is 12.8. The first-order valence-electron chi connectivity index (χ1n) is 5.88. The van der Waals surface area contributed by atoms with Crippen molar-refractivity contribution in [2.45, 2.75) is 13.0 Å². The van der Waals surface area contributed by atoms with Crippen molar-refractivity contribution in [3.05, 3.63) is 51.2 Å². The van der Waals surface area contributed by atoms with Crippen LogP contribution in [0, 0.1) is 0 Å². The Balaban J connectivity index is 1.99. The zero-order valence-electron chi connectivity index (χ0n) is 10.3. The van der Waals surface area contributed by atoms with E-state index in [2.05, 4.69) is 22.8 Å². The molecule has 0 saturated carbocycles. The number of benzene rings is 1. The average molecular weight is 282 g/mol. The van der Waals surface area contributed by atoms with Crippen LogP contribution in [0.4, 0.5) is 0 Å². The van der Waals surface area contributed by atoms with E-state index in [0.29, 0.717) is 11.6 Å². The van der Waals surface area contributed by atoms with Crippen LogP contribution in [-0.4, -0.2) is 13.7 Å². The van der Waals surface area contributed by atoms with Crippen LogP contribution in [0.15, 0.2) is 35.7 Å². The number of para-hydroxylation sites is 1. The molecule has 0 unspecified atom stereocenters. The van der Waals surface area contributed by atoms with Gasteiger partial charge < -0.3 is 10.1 Å². The van der Waals surface area contributed by atoms with Gasteiger partial charge in [0, 0.05) is 23.4 Å². The molecule has 1 heterocycles. The van der Waals surface area contributed by atoms with Crippen LogP contribution in [0.5, 0.6) is 5.75 Å². The fourth-order valence-corrected chi connectivity index (χ4v) is 2.69. The molecule has 4 heteroatoms. The second kappa shape index (κ2) is 6.78. The first-order valence-corrected chi connectivity index (χ1v) is 7.14. The molecule has 2 rings (SSSR count). The van der Waals surface area contributed by atoms with E-state index in [1.807, 2.05) is 25.2 Å². The van der Waals surface area contributed by atoms with E-state index in [4.69, 9.17) is 16.3 Å². The molecule has 0 radical (unpaired) electrons. The Morgan fingerprint density at radius 1 is 1.28 bits per heavy atom. The van der Waals surface area contributed by atoms with Crippen LogP contribution in [-0.2, 0) is 13.0 Å². The van der Waals surface area contributed by atoms with Crippen molar-refractivity contribution < 1.29 is 4.74 Å². The molecule has 0 amide bonds. The number of ether oxygens (including phenoxy) is 1. The third kappa shape index (κ3) is 3.48. The Hall–Kier alpha value is -1.03. The molecule has 0 bridgehead atoms. The lowest BCUT2D eigenvalue weighted by Gasteiger charge is -2.12. The average Bonchev–Trinajstić information content (AvgIpc) is 2.86. The van der Waals surface area contributed by atoms with E-state index in [1.165, 1.54) is 4.88 Å². The topological polar surface area (TPSA) is 21.3 Å². The minimum absolute atomic E-state index is 0.654. The van der Waals surface area contributed by atoms with Gasteiger partial charge in [-0.3, -0.25) is 0 Å². The number of thiophene rings is 1. The van der Waals surface area contributed by atoms with Crippen molar-refractivity contribution in [2.75, 3.05) is 13.7 Å². The maximum atomic E-state index is 6.18. The molecule has 96 valence electrons. The standard InChI is InChI=1S/C14H16ClNOS/c1-16-10-11-4-2-6-13(15)14(11)17-8-7-12-5-3-9-18-12/h2-6,9,16H,7-8,10H2,1H3. The zero-order valence-corrected chi connectivity index (χ0v) is 11.9. The van der Waals surface area contributed by atoms with Crippen LogP contribution in [0.3, 0.4) is 0 Å². The summed E-state index contributed by atoms with van der Waals surface area (Å²) in [4.78, 5) is 1.33. The summed E-state index contributed by atoms with van der Waals surface area (Å²) in [6, 6.07) is 10.0. The van der Waals surface area contributed by atoms with Gasteiger partial charge in [0.25, 0.3) is 0 Å². The quantitative estimate of drug-likeness (QED) is 0.871. The maximum Gasteiger partial charge on any atom is 0.142 e. The van der Waals surface area contributed by atoms with Gasteiger partial charge in [-0.25, -0.2) is 0 Å². The Kier molecular flexibility index (Phi) is 5.05. The Labute approximate surface area is 117 Å². The lowest BCUT2D eigenvalue weighted by molar-refractivity contribution is 0.319. The Bertz CT molecular complexity index is 485. The number of nitrogens with one attached hydrogen (secondary N) is 1. The molecule has 1 aromatic carbocycles. The lowest BCUT2D eigenvalue weighted by Crippen LogP contribution is -2.09. The number of rotatable bonds is 6. The number of halogens is 1. The summed E-state index contributed by atoms with van der Waals surface area (Å²) in [5, 5.41) is 5.87. The van der Waals surface area contributed by atoms with Crippen molar-refractivity contribution in [1.29, 1.82) is 0 Å². The summed E-state index contributed by atoms with van der Waals surface area (Å²) >= 11 is 7.93. The first-order chi connectivity index (χ1) is 8.81. The van der Waals surface area contributed by atoms with Crippen LogP contribution >= 0.6 is 22.9 Å². The molecular weight excluding hydrogens is 266 g/mol. The predicted molar refractivity (Wildman–Crippen MR) is 77.7 cm³/mol. The van der Waals surface area contributed by atoms with E-state index >= 15 is 0 Å². The molecule has 0 atom stereocenters. The Morgan fingerprint density at radius 2 is 2.17 bits per heavy atom. The SMILES string of the molecule is CNCc1cccc(Cl)c1OCCc1cccs1. The molecule has 2 aromatic rings. The van der Waals surface area contributed by atoms with Gasteiger partial charge in [-0.05, 0) is 24.6 Å². The molecule has 0 saturated heterocycles. The molecule has 0 fully saturated rings. The second-order valence-corrected chi connectivity index (χ2v) is 5.38. The number of hydrogen-bond donors (Lipinski definition) is 1. The van der Waals surface area contributed by atoms with Crippen LogP contribution in [0.25, 0.3) is 0 Å². The minimum Gasteiger partial charge on any atom is -0.491 e. The maximum absolute atomic E-state index is 6.18. The van der Waals surface area contributed by atoms with E-state index < -0.39 is 0 Å². The van der Waals surface area contributed by atoms with Gasteiger partial charge in [-0.1, -0.05) is 29.8 Å². The van der Waals surface area contributed by atoms with Crippen LogP contribution < -0.4 is 10.1 Å². The summed E-state index contributed by atoms with van der Waals surface area (Å²) in [5.74, 6) is 0.796. The van der Waals surface area contributed by atoms with Gasteiger partial charge in [0.15, 0.2) is 0 Å². The highest BCUT2D eigenvalue weighted by Gasteiger charge is 2.07. The summed E-state index contributed by atoms with van der Waals surface area (Å²) in [5.41, 5.74) is 1.09. The van der Waals surface area contributed by atoms with E-state index in [0.717, 1.165) is 24.3 Å². The normalized spacial score (nSPS) is 10.6. The second-order valence-electron chi connectivity index (χ2n) is 3.94. The van der Waals surface area contributed by atoms with Gasteiger partial charge in [-0.2, -0.15) is 0 Å². The molecule has 2 nitrogen and oxygen atoms in total. The van der Waals surface area contributed by atoms with Gasteiger partial charge in [0.1, 0.15) is 5.75 Å². The van der Waals surface area contributed by atoms with Crippen LogP contribution in [0.1, 0.15) is 10.4 Å². The van der Waals surface area contributed by atoms with Gasteiger partial charge in [-0.15, -0.1) is 11.3 Å². The van der Waals surface area contributed by atoms with Crippen molar-refractivity contribution >= 4 is 22.9 Å². The van der Waals surface area contributed by atoms with Crippen molar-refractivity contribution in [1.82, 2.24) is 5.32 Å². The van der Waals surface area contributed by atoms with Crippen molar-refractivity contribution in [3.63, 3.8) is 0 Å². The fourth-order valence-electron chi connectivity index (χ4n) is 1.75. The van der Waals surface area contributed by atoms with Gasteiger partial charge >= 0.3 is 0 Å². The fraction of sp³-hybridized carbons (Fsp3) is 0.286. The molecule has 0 aliphatic carbocycles. The van der Waals surface area contributed by atoms with Gasteiger partial charge in [0.2, 0.25) is 0 Å². The van der Waals surface area contributed by atoms with Crippen molar-refractivity contribution in [2.24, 2.45) is 0 Å². The Morgan fingerprint density at radius 3 is 2.89 bits per heavy atom. The third-order valence-electron chi connectivity index (χ3n) is 2.59. The highest BCUT2D eigenvalue weighted by molar-refractivity contribution is 7.09. The van der Waals surface area contributed by atoms with E-state index in [9.17, 15) is 0 Å². The third-order valence-corrected chi connectivity index (χ3v) is 3.82. The highest BCUT2D eigenvalue weighted by Crippen LogP contribution is 2.28. The summed E-state index contributed by atoms with van der Waals surface area (Å²) in [7, 11) is 1.91. The molecule has 1 N–H and O–H groups in total. The minimum atomic E-state index is 0.654. The molecule has 0 aliphatic rings. The molecule has 18 heavy (non-hydrogen) atoms. The molecule has 0 aliphatic heterocycles. The van der Waals surface area contributed by atoms with E-state index in [1.54, 1.807) is 11.3 Å². The predicted octanol–water partition coefficient (Wildman–Crippen LogP) is 3.74. The summed E-state index contributed by atoms with van der Waals surface area (Å²) < 4.78 is 5.83. The van der Waals surface area contributed by atoms with Gasteiger partial charge in [0.05, 0.1) is 11.6 Å².